The van der Waals surface area contributed by atoms with Crippen molar-refractivity contribution in [2.75, 3.05) is 11.9 Å². The minimum Gasteiger partial charge on any atom is -0.378 e. The summed E-state index contributed by atoms with van der Waals surface area (Å²) >= 11 is 0. The van der Waals surface area contributed by atoms with E-state index in [1.54, 1.807) is 6.07 Å². The number of fused-ring (bicyclic) bond motifs is 1. The molecular weight excluding hydrogens is 218 g/mol. The van der Waals surface area contributed by atoms with Gasteiger partial charge in [0.05, 0.1) is 5.69 Å². The highest BCUT2D eigenvalue weighted by atomic mass is 32.3. The van der Waals surface area contributed by atoms with Crippen molar-refractivity contribution in [2.45, 2.75) is 0 Å². The molecule has 1 aliphatic heterocycles. The minimum atomic E-state index is -4.47. The smallest absolute Gasteiger partial charge is 0.378 e. The summed E-state index contributed by atoms with van der Waals surface area (Å²) in [5.74, 6) is 0.0966. The summed E-state index contributed by atoms with van der Waals surface area (Å²) in [6.07, 6.45) is 3.75. The predicted octanol–water partition coefficient (Wildman–Crippen LogP) is 1.31. The average Bonchev–Trinajstić information content (AvgIpc) is 2.16. The Kier molecular flexibility index (Phi) is 2.37. The van der Waals surface area contributed by atoms with Gasteiger partial charge in [-0.05, 0) is 6.07 Å². The SMILES string of the molecule is O=S(=O)(O)Oc1cccc2c1NCC=C2. The Bertz CT molecular complexity index is 507. The van der Waals surface area contributed by atoms with Crippen LogP contribution in [-0.4, -0.2) is 19.5 Å². The van der Waals surface area contributed by atoms with Gasteiger partial charge in [0.25, 0.3) is 0 Å². The van der Waals surface area contributed by atoms with E-state index in [1.165, 1.54) is 6.07 Å². The second-order valence-corrected chi connectivity index (χ2v) is 4.04. The van der Waals surface area contributed by atoms with Crippen LogP contribution in [0.2, 0.25) is 0 Å². The van der Waals surface area contributed by atoms with E-state index in [0.29, 0.717) is 12.2 Å². The number of hydrogen-bond donors (Lipinski definition) is 2. The summed E-state index contributed by atoms with van der Waals surface area (Å²) in [6, 6.07) is 4.93. The minimum absolute atomic E-state index is 0.0966. The van der Waals surface area contributed by atoms with Crippen LogP contribution in [0.25, 0.3) is 6.08 Å². The van der Waals surface area contributed by atoms with Crippen LogP contribution in [0.5, 0.6) is 5.75 Å². The average molecular weight is 227 g/mol. The largest absolute Gasteiger partial charge is 0.446 e. The van der Waals surface area contributed by atoms with E-state index in [4.69, 9.17) is 4.55 Å². The molecule has 80 valence electrons. The Morgan fingerprint density at radius 1 is 1.40 bits per heavy atom. The Hall–Kier alpha value is -1.53. The van der Waals surface area contributed by atoms with Crippen LogP contribution in [-0.2, 0) is 10.4 Å². The molecule has 0 unspecified atom stereocenters. The number of para-hydroxylation sites is 1. The van der Waals surface area contributed by atoms with Gasteiger partial charge in [0, 0.05) is 12.1 Å². The first-order chi connectivity index (χ1) is 7.06. The normalized spacial score (nSPS) is 14.2. The van der Waals surface area contributed by atoms with E-state index in [9.17, 15) is 8.42 Å². The fourth-order valence-electron chi connectivity index (χ4n) is 1.41. The van der Waals surface area contributed by atoms with Crippen LogP contribution in [0, 0.1) is 0 Å². The van der Waals surface area contributed by atoms with Gasteiger partial charge < -0.3 is 9.50 Å². The summed E-state index contributed by atoms with van der Waals surface area (Å²) in [7, 11) is -4.47. The van der Waals surface area contributed by atoms with Crippen molar-refractivity contribution in [1.29, 1.82) is 0 Å². The first-order valence-corrected chi connectivity index (χ1v) is 5.63. The van der Waals surface area contributed by atoms with Gasteiger partial charge in [-0.1, -0.05) is 24.3 Å². The number of anilines is 1. The second kappa shape index (κ2) is 3.56. The van der Waals surface area contributed by atoms with E-state index >= 15 is 0 Å². The third-order valence-electron chi connectivity index (χ3n) is 1.95. The van der Waals surface area contributed by atoms with E-state index in [-0.39, 0.29) is 5.75 Å². The molecule has 1 heterocycles. The van der Waals surface area contributed by atoms with Crippen LogP contribution in [0.15, 0.2) is 24.3 Å². The van der Waals surface area contributed by atoms with Gasteiger partial charge in [-0.25, -0.2) is 0 Å². The lowest BCUT2D eigenvalue weighted by molar-refractivity contribution is 0.387. The van der Waals surface area contributed by atoms with Crippen LogP contribution in [0.1, 0.15) is 5.56 Å². The zero-order chi connectivity index (χ0) is 10.9. The first-order valence-electron chi connectivity index (χ1n) is 4.26. The lowest BCUT2D eigenvalue weighted by Crippen LogP contribution is -2.11. The van der Waals surface area contributed by atoms with E-state index in [1.807, 2.05) is 18.2 Å². The highest BCUT2D eigenvalue weighted by molar-refractivity contribution is 7.81. The summed E-state index contributed by atoms with van der Waals surface area (Å²) in [5.41, 5.74) is 1.39. The van der Waals surface area contributed by atoms with Crippen molar-refractivity contribution in [3.63, 3.8) is 0 Å². The first kappa shape index (κ1) is 10.0. The lowest BCUT2D eigenvalue weighted by Gasteiger charge is -2.15. The number of hydrogen-bond acceptors (Lipinski definition) is 4. The number of rotatable bonds is 2. The monoisotopic (exact) mass is 227 g/mol. The molecule has 0 aliphatic carbocycles. The van der Waals surface area contributed by atoms with Crippen molar-refractivity contribution < 1.29 is 17.2 Å². The molecule has 0 atom stereocenters. The predicted molar refractivity (Wildman–Crippen MR) is 56.1 cm³/mol. The fourth-order valence-corrected chi connectivity index (χ4v) is 1.77. The Morgan fingerprint density at radius 2 is 2.20 bits per heavy atom. The van der Waals surface area contributed by atoms with Gasteiger partial charge in [0.15, 0.2) is 5.75 Å². The van der Waals surface area contributed by atoms with Crippen LogP contribution < -0.4 is 9.50 Å². The summed E-state index contributed by atoms with van der Waals surface area (Å²) in [5, 5.41) is 2.97. The molecule has 0 fully saturated rings. The topological polar surface area (TPSA) is 75.6 Å². The summed E-state index contributed by atoms with van der Waals surface area (Å²) in [4.78, 5) is 0. The van der Waals surface area contributed by atoms with Crippen molar-refractivity contribution in [2.24, 2.45) is 0 Å². The Labute approximate surface area is 87.3 Å². The van der Waals surface area contributed by atoms with Crippen LogP contribution in [0.4, 0.5) is 5.69 Å². The lowest BCUT2D eigenvalue weighted by atomic mass is 10.1. The zero-order valence-corrected chi connectivity index (χ0v) is 8.49. The maximum Gasteiger partial charge on any atom is 0.446 e. The molecule has 1 aliphatic rings. The third kappa shape index (κ3) is 2.28. The second-order valence-electron chi connectivity index (χ2n) is 3.01. The highest BCUT2D eigenvalue weighted by Crippen LogP contribution is 2.31. The van der Waals surface area contributed by atoms with Gasteiger partial charge in [0.2, 0.25) is 0 Å². The van der Waals surface area contributed by atoms with Crippen molar-refractivity contribution >= 4 is 22.2 Å². The molecule has 0 spiro atoms. The van der Waals surface area contributed by atoms with Crippen LogP contribution in [0.3, 0.4) is 0 Å². The number of nitrogens with one attached hydrogen (secondary N) is 1. The maximum absolute atomic E-state index is 10.6. The molecular formula is C9H9NO4S. The number of benzene rings is 1. The molecule has 2 N–H and O–H groups in total. The molecule has 2 rings (SSSR count). The highest BCUT2D eigenvalue weighted by Gasteiger charge is 2.14. The molecule has 1 aromatic rings. The van der Waals surface area contributed by atoms with Crippen LogP contribution >= 0.6 is 0 Å². The third-order valence-corrected chi connectivity index (χ3v) is 2.34. The van der Waals surface area contributed by atoms with Crippen molar-refractivity contribution in [3.8, 4) is 5.75 Å². The maximum atomic E-state index is 10.6. The van der Waals surface area contributed by atoms with Crippen molar-refractivity contribution in [3.05, 3.63) is 29.8 Å². The molecule has 6 heteroatoms. The summed E-state index contributed by atoms with van der Waals surface area (Å²) < 4.78 is 34.2. The van der Waals surface area contributed by atoms with E-state index in [2.05, 4.69) is 9.50 Å². The van der Waals surface area contributed by atoms with E-state index < -0.39 is 10.4 Å². The summed E-state index contributed by atoms with van der Waals surface area (Å²) in [6.45, 7) is 0.596. The Morgan fingerprint density at radius 3 is 2.93 bits per heavy atom. The van der Waals surface area contributed by atoms with Gasteiger partial charge in [-0.15, -0.1) is 0 Å². The molecule has 15 heavy (non-hydrogen) atoms. The molecule has 0 aromatic heterocycles. The molecule has 0 saturated carbocycles. The van der Waals surface area contributed by atoms with Gasteiger partial charge in [-0.3, -0.25) is 4.55 Å². The van der Waals surface area contributed by atoms with Gasteiger partial charge in [0.1, 0.15) is 0 Å². The van der Waals surface area contributed by atoms with Crippen molar-refractivity contribution in [1.82, 2.24) is 0 Å². The standard InChI is InChI=1S/C9H9NO4S/c11-15(12,13)14-8-5-1-3-7-4-2-6-10-9(7)8/h1-5,10H,6H2,(H,11,12,13). The molecule has 0 radical (unpaired) electrons. The molecule has 5 nitrogen and oxygen atoms in total. The molecule has 0 bridgehead atoms. The van der Waals surface area contributed by atoms with Gasteiger partial charge >= 0.3 is 10.4 Å². The van der Waals surface area contributed by atoms with E-state index in [0.717, 1.165) is 5.56 Å². The molecule has 0 amide bonds. The quantitative estimate of drug-likeness (QED) is 0.745. The molecule has 0 saturated heterocycles. The zero-order valence-electron chi connectivity index (χ0n) is 7.67. The van der Waals surface area contributed by atoms with Gasteiger partial charge in [-0.2, -0.15) is 8.42 Å². The Balaban J connectivity index is 2.45. The molecule has 1 aromatic carbocycles. The fraction of sp³-hybridized carbons (Fsp3) is 0.111.